The molecule has 6 nitrogen and oxygen atoms in total. The maximum Gasteiger partial charge on any atom is 0.355 e. The van der Waals surface area contributed by atoms with E-state index in [-0.39, 0.29) is 17.6 Å². The van der Waals surface area contributed by atoms with Crippen LogP contribution in [0.4, 0.5) is 5.69 Å². The molecule has 1 aliphatic rings. The lowest BCUT2D eigenvalue weighted by atomic mass is 10.1. The van der Waals surface area contributed by atoms with E-state index in [2.05, 4.69) is 42.3 Å². The summed E-state index contributed by atoms with van der Waals surface area (Å²) in [6.07, 6.45) is 1.45. The van der Waals surface area contributed by atoms with E-state index in [1.807, 2.05) is 4.90 Å². The molecular weight excluding hydrogens is 382 g/mol. The van der Waals surface area contributed by atoms with E-state index in [1.54, 1.807) is 5.38 Å². The molecule has 1 amide bonds. The Kier molecular flexibility index (Phi) is 6.38. The topological polar surface area (TPSA) is 82.5 Å². The number of carbonyl (C=O) groups is 2. The molecule has 0 aliphatic carbocycles. The SMILES string of the molecule is Cc1ccc(C)c(NC[C@H]2CCC(=O)N2CCSc2nc(C(=O)O)cs2)c1. The summed E-state index contributed by atoms with van der Waals surface area (Å²) in [7, 11) is 0. The third-order valence-electron chi connectivity index (χ3n) is 4.63. The van der Waals surface area contributed by atoms with Gasteiger partial charge in [-0.2, -0.15) is 0 Å². The lowest BCUT2D eigenvalue weighted by Gasteiger charge is -2.25. The van der Waals surface area contributed by atoms with Crippen molar-refractivity contribution in [1.29, 1.82) is 0 Å². The Morgan fingerprint density at radius 3 is 3.00 bits per heavy atom. The Bertz CT molecular complexity index is 837. The maximum atomic E-state index is 12.3. The van der Waals surface area contributed by atoms with Crippen molar-refractivity contribution in [1.82, 2.24) is 9.88 Å². The van der Waals surface area contributed by atoms with Crippen molar-refractivity contribution < 1.29 is 14.7 Å². The summed E-state index contributed by atoms with van der Waals surface area (Å²) in [5.41, 5.74) is 3.61. The molecule has 0 radical (unpaired) electrons. The first-order valence-electron chi connectivity index (χ1n) is 8.86. The molecule has 1 fully saturated rings. The van der Waals surface area contributed by atoms with E-state index in [9.17, 15) is 9.59 Å². The lowest BCUT2D eigenvalue weighted by Crippen LogP contribution is -2.39. The van der Waals surface area contributed by atoms with Gasteiger partial charge in [-0.25, -0.2) is 9.78 Å². The molecule has 1 aromatic heterocycles. The van der Waals surface area contributed by atoms with Gasteiger partial charge in [0.05, 0.1) is 0 Å². The van der Waals surface area contributed by atoms with Crippen molar-refractivity contribution in [3.05, 3.63) is 40.4 Å². The van der Waals surface area contributed by atoms with E-state index in [0.29, 0.717) is 18.7 Å². The number of carbonyl (C=O) groups excluding carboxylic acids is 1. The molecule has 0 spiro atoms. The molecule has 0 unspecified atom stereocenters. The van der Waals surface area contributed by atoms with Gasteiger partial charge in [-0.1, -0.05) is 23.9 Å². The zero-order chi connectivity index (χ0) is 19.4. The number of aromatic nitrogens is 1. The monoisotopic (exact) mass is 405 g/mol. The summed E-state index contributed by atoms with van der Waals surface area (Å²) in [6.45, 7) is 5.53. The van der Waals surface area contributed by atoms with Gasteiger partial charge < -0.3 is 15.3 Å². The standard InChI is InChI=1S/C19H23N3O3S2/c1-12-3-4-13(2)15(9-12)20-10-14-5-6-17(23)22(14)7-8-26-19-21-16(11-27-19)18(24)25/h3-4,9,11,14,20H,5-8,10H2,1-2H3,(H,24,25)/t14-/m1/s1. The van der Waals surface area contributed by atoms with Crippen molar-refractivity contribution in [3.8, 4) is 0 Å². The Morgan fingerprint density at radius 2 is 2.26 bits per heavy atom. The Balaban J connectivity index is 1.52. The Hall–Kier alpha value is -2.06. The number of amides is 1. The van der Waals surface area contributed by atoms with Crippen LogP contribution in [0.25, 0.3) is 0 Å². The van der Waals surface area contributed by atoms with Gasteiger partial charge in [-0.15, -0.1) is 11.3 Å². The minimum atomic E-state index is -1.01. The van der Waals surface area contributed by atoms with Crippen LogP contribution in [0.1, 0.15) is 34.5 Å². The highest BCUT2D eigenvalue weighted by Crippen LogP contribution is 2.25. The number of hydrogen-bond acceptors (Lipinski definition) is 6. The summed E-state index contributed by atoms with van der Waals surface area (Å²) in [6, 6.07) is 6.52. The third-order valence-corrected chi connectivity index (χ3v) is 6.63. The van der Waals surface area contributed by atoms with Gasteiger partial charge in [0.15, 0.2) is 10.0 Å². The van der Waals surface area contributed by atoms with E-state index >= 15 is 0 Å². The average Bonchev–Trinajstić information content (AvgIpc) is 3.24. The normalized spacial score (nSPS) is 16.7. The number of aryl methyl sites for hydroxylation is 2. The number of carboxylic acids is 1. The molecule has 0 saturated carbocycles. The maximum absolute atomic E-state index is 12.3. The van der Waals surface area contributed by atoms with Crippen LogP contribution >= 0.6 is 23.1 Å². The van der Waals surface area contributed by atoms with Crippen LogP contribution in [0, 0.1) is 13.8 Å². The molecule has 1 atom stereocenters. The molecule has 2 aromatic rings. The third kappa shape index (κ3) is 5.01. The molecular formula is C19H23N3O3S2. The lowest BCUT2D eigenvalue weighted by molar-refractivity contribution is -0.128. The van der Waals surface area contributed by atoms with Crippen LogP contribution < -0.4 is 5.32 Å². The molecule has 1 aliphatic heterocycles. The molecule has 8 heteroatoms. The highest BCUT2D eigenvalue weighted by molar-refractivity contribution is 8.01. The van der Waals surface area contributed by atoms with Crippen LogP contribution in [0.5, 0.6) is 0 Å². The largest absolute Gasteiger partial charge is 0.476 e. The van der Waals surface area contributed by atoms with Gasteiger partial charge in [0, 0.05) is 42.4 Å². The first-order chi connectivity index (χ1) is 12.9. The fraction of sp³-hybridized carbons (Fsp3) is 0.421. The molecule has 27 heavy (non-hydrogen) atoms. The molecule has 144 valence electrons. The van der Waals surface area contributed by atoms with Crippen LogP contribution in [0.15, 0.2) is 27.9 Å². The van der Waals surface area contributed by atoms with Crippen LogP contribution in [0.2, 0.25) is 0 Å². The van der Waals surface area contributed by atoms with E-state index in [1.165, 1.54) is 34.2 Å². The molecule has 1 aromatic carbocycles. The summed E-state index contributed by atoms with van der Waals surface area (Å²) in [4.78, 5) is 29.2. The quantitative estimate of drug-likeness (QED) is 0.653. The first kappa shape index (κ1) is 19.7. The van der Waals surface area contributed by atoms with Gasteiger partial charge in [0.25, 0.3) is 0 Å². The Labute approximate surface area is 167 Å². The predicted molar refractivity (Wildman–Crippen MR) is 109 cm³/mol. The number of benzene rings is 1. The first-order valence-corrected chi connectivity index (χ1v) is 10.7. The second-order valence-corrected chi connectivity index (χ2v) is 8.83. The number of carboxylic acid groups (broad SMARTS) is 1. The molecule has 0 bridgehead atoms. The smallest absolute Gasteiger partial charge is 0.355 e. The minimum absolute atomic E-state index is 0.0790. The summed E-state index contributed by atoms with van der Waals surface area (Å²) in [5, 5.41) is 14.0. The summed E-state index contributed by atoms with van der Waals surface area (Å²) < 4.78 is 0.726. The highest BCUT2D eigenvalue weighted by atomic mass is 32.2. The highest BCUT2D eigenvalue weighted by Gasteiger charge is 2.30. The van der Waals surface area contributed by atoms with Gasteiger partial charge in [0.2, 0.25) is 5.91 Å². The molecule has 1 saturated heterocycles. The van der Waals surface area contributed by atoms with Gasteiger partial charge in [0.1, 0.15) is 0 Å². The average molecular weight is 406 g/mol. The summed E-state index contributed by atoms with van der Waals surface area (Å²) in [5.74, 6) is -0.114. The van der Waals surface area contributed by atoms with Crippen LogP contribution in [-0.4, -0.2) is 51.8 Å². The summed E-state index contributed by atoms with van der Waals surface area (Å²) >= 11 is 2.83. The fourth-order valence-corrected chi connectivity index (χ4v) is 4.93. The van der Waals surface area contributed by atoms with E-state index < -0.39 is 5.97 Å². The Morgan fingerprint density at radius 1 is 1.44 bits per heavy atom. The second-order valence-electron chi connectivity index (χ2n) is 6.63. The van der Waals surface area contributed by atoms with Gasteiger partial charge >= 0.3 is 5.97 Å². The van der Waals surface area contributed by atoms with Crippen molar-refractivity contribution in [2.24, 2.45) is 0 Å². The minimum Gasteiger partial charge on any atom is -0.476 e. The van der Waals surface area contributed by atoms with E-state index in [4.69, 9.17) is 5.11 Å². The fourth-order valence-electron chi connectivity index (χ4n) is 3.12. The van der Waals surface area contributed by atoms with E-state index in [0.717, 1.165) is 23.0 Å². The second kappa shape index (κ2) is 8.75. The van der Waals surface area contributed by atoms with Crippen molar-refractivity contribution in [3.63, 3.8) is 0 Å². The predicted octanol–water partition coefficient (Wildman–Crippen LogP) is 3.65. The number of thiazole rings is 1. The number of aromatic carboxylic acids is 1. The van der Waals surface area contributed by atoms with Crippen LogP contribution in [0.3, 0.4) is 0 Å². The number of likely N-dealkylation sites (tertiary alicyclic amines) is 1. The van der Waals surface area contributed by atoms with Gasteiger partial charge in [-0.05, 0) is 37.5 Å². The van der Waals surface area contributed by atoms with Crippen molar-refractivity contribution in [2.45, 2.75) is 37.1 Å². The van der Waals surface area contributed by atoms with Gasteiger partial charge in [-0.3, -0.25) is 4.79 Å². The zero-order valence-electron chi connectivity index (χ0n) is 15.4. The number of thioether (sulfide) groups is 1. The number of anilines is 1. The van der Waals surface area contributed by atoms with Crippen LogP contribution in [-0.2, 0) is 4.79 Å². The molecule has 2 heterocycles. The molecule has 3 rings (SSSR count). The number of nitrogens with one attached hydrogen (secondary N) is 1. The van der Waals surface area contributed by atoms with Crippen molar-refractivity contribution >= 4 is 40.7 Å². The number of hydrogen-bond donors (Lipinski definition) is 2. The number of nitrogens with zero attached hydrogens (tertiary/aromatic N) is 2. The number of rotatable bonds is 8. The zero-order valence-corrected chi connectivity index (χ0v) is 17.0. The van der Waals surface area contributed by atoms with Crippen molar-refractivity contribution in [2.75, 3.05) is 24.2 Å². The molecule has 2 N–H and O–H groups in total.